The first-order valence-electron chi connectivity index (χ1n) is 5.50. The topological polar surface area (TPSA) is 126 Å². The van der Waals surface area contributed by atoms with Crippen LogP contribution < -0.4 is 16.4 Å². The number of aromatic nitrogens is 3. The second-order valence-corrected chi connectivity index (χ2v) is 4.39. The lowest BCUT2D eigenvalue weighted by atomic mass is 10.3. The van der Waals surface area contributed by atoms with Gasteiger partial charge in [0.05, 0.1) is 5.75 Å². The Labute approximate surface area is 108 Å². The van der Waals surface area contributed by atoms with Crippen LogP contribution in [0.25, 0.3) is 0 Å². The minimum atomic E-state index is -0.483. The van der Waals surface area contributed by atoms with E-state index in [-0.39, 0.29) is 11.7 Å². The summed E-state index contributed by atoms with van der Waals surface area (Å²) >= 11 is 1.09. The molecular formula is C9H16N6O2S. The lowest BCUT2D eigenvalue weighted by molar-refractivity contribution is -0.117. The molecule has 0 aliphatic carbocycles. The zero-order valence-corrected chi connectivity index (χ0v) is 10.8. The second-order valence-electron chi connectivity index (χ2n) is 3.45. The Morgan fingerprint density at radius 2 is 2.28 bits per heavy atom. The van der Waals surface area contributed by atoms with Gasteiger partial charge in [0.1, 0.15) is 0 Å². The highest BCUT2D eigenvalue weighted by molar-refractivity contribution is 7.99. The lowest BCUT2D eigenvalue weighted by Crippen LogP contribution is -2.40. The predicted octanol–water partition coefficient (Wildman–Crippen LogP) is 0.105. The van der Waals surface area contributed by atoms with Crippen LogP contribution in [0.5, 0.6) is 0 Å². The summed E-state index contributed by atoms with van der Waals surface area (Å²) in [6.07, 6.45) is 1.86. The van der Waals surface area contributed by atoms with Gasteiger partial charge in [-0.3, -0.25) is 10.1 Å². The molecule has 5 N–H and O–H groups in total. The molecule has 100 valence electrons. The number of unbranched alkanes of at least 4 members (excludes halogenated alkanes) is 1. The van der Waals surface area contributed by atoms with Gasteiger partial charge in [-0.1, -0.05) is 25.1 Å². The number of hydrogen-bond donors (Lipinski definition) is 4. The molecule has 0 aliphatic heterocycles. The number of H-pyrrole nitrogens is 1. The molecule has 0 fully saturated rings. The summed E-state index contributed by atoms with van der Waals surface area (Å²) in [5.74, 6) is -0.161. The number of hydrogen-bond acceptors (Lipinski definition) is 6. The number of imide groups is 1. The molecule has 0 saturated heterocycles. The summed E-state index contributed by atoms with van der Waals surface area (Å²) in [6.45, 7) is 2.57. The number of amides is 3. The fourth-order valence-electron chi connectivity index (χ4n) is 1.04. The van der Waals surface area contributed by atoms with Crippen LogP contribution in [-0.2, 0) is 4.79 Å². The largest absolute Gasteiger partial charge is 0.368 e. The van der Waals surface area contributed by atoms with E-state index in [1.54, 1.807) is 0 Å². The third-order valence-corrected chi connectivity index (χ3v) is 2.73. The van der Waals surface area contributed by atoms with Crippen LogP contribution in [0.15, 0.2) is 5.16 Å². The van der Waals surface area contributed by atoms with E-state index in [0.717, 1.165) is 24.6 Å². The minimum absolute atomic E-state index is 0.0541. The fourth-order valence-corrected chi connectivity index (χ4v) is 1.64. The number of urea groups is 1. The maximum absolute atomic E-state index is 11.4. The van der Waals surface area contributed by atoms with Gasteiger partial charge in [0.2, 0.25) is 17.0 Å². The van der Waals surface area contributed by atoms with Gasteiger partial charge in [0.25, 0.3) is 0 Å². The van der Waals surface area contributed by atoms with Crippen LogP contribution in [0.2, 0.25) is 0 Å². The molecule has 1 aromatic heterocycles. The fraction of sp³-hybridized carbons (Fsp3) is 0.556. The van der Waals surface area contributed by atoms with Crippen molar-refractivity contribution in [1.82, 2.24) is 25.8 Å². The smallest absolute Gasteiger partial charge is 0.321 e. The van der Waals surface area contributed by atoms with Crippen LogP contribution in [0.3, 0.4) is 0 Å². The molecular weight excluding hydrogens is 256 g/mol. The molecule has 0 atom stereocenters. The van der Waals surface area contributed by atoms with Crippen molar-refractivity contribution in [3.05, 3.63) is 0 Å². The SMILES string of the molecule is CCCCNC(=O)NC(=O)CSc1n[nH]c(N)n1. The molecule has 0 aromatic carbocycles. The first kappa shape index (κ1) is 14.3. The van der Waals surface area contributed by atoms with Gasteiger partial charge in [0.15, 0.2) is 0 Å². The van der Waals surface area contributed by atoms with Crippen molar-refractivity contribution < 1.29 is 9.59 Å². The number of anilines is 1. The summed E-state index contributed by atoms with van der Waals surface area (Å²) in [5, 5.41) is 11.4. The molecule has 1 rings (SSSR count). The van der Waals surface area contributed by atoms with E-state index in [4.69, 9.17) is 5.73 Å². The standard InChI is InChI=1S/C9H16N6O2S/c1-2-3-4-11-8(17)12-6(16)5-18-9-13-7(10)14-15-9/h2-5H2,1H3,(H3,10,13,14,15)(H2,11,12,16,17). The van der Waals surface area contributed by atoms with Gasteiger partial charge in [-0.15, -0.1) is 5.10 Å². The second kappa shape index (κ2) is 7.54. The molecule has 0 bridgehead atoms. The van der Waals surface area contributed by atoms with Crippen molar-refractivity contribution in [2.24, 2.45) is 0 Å². The predicted molar refractivity (Wildman–Crippen MR) is 68.0 cm³/mol. The van der Waals surface area contributed by atoms with Crippen LogP contribution >= 0.6 is 11.8 Å². The van der Waals surface area contributed by atoms with E-state index in [0.29, 0.717) is 11.7 Å². The molecule has 18 heavy (non-hydrogen) atoms. The zero-order valence-electron chi connectivity index (χ0n) is 10.0. The maximum atomic E-state index is 11.4. The van der Waals surface area contributed by atoms with Crippen LogP contribution in [0, 0.1) is 0 Å². The van der Waals surface area contributed by atoms with E-state index in [1.165, 1.54) is 0 Å². The number of nitrogens with two attached hydrogens (primary N) is 1. The number of nitrogen functional groups attached to an aromatic ring is 1. The zero-order chi connectivity index (χ0) is 13.4. The van der Waals surface area contributed by atoms with E-state index in [2.05, 4.69) is 25.8 Å². The number of carbonyl (C=O) groups excluding carboxylic acids is 2. The van der Waals surface area contributed by atoms with Crippen molar-refractivity contribution in [3.63, 3.8) is 0 Å². The van der Waals surface area contributed by atoms with Gasteiger partial charge in [0, 0.05) is 6.54 Å². The summed E-state index contributed by atoms with van der Waals surface area (Å²) in [6, 6.07) is -0.483. The molecule has 8 nitrogen and oxygen atoms in total. The third kappa shape index (κ3) is 5.53. The summed E-state index contributed by atoms with van der Waals surface area (Å²) < 4.78 is 0. The van der Waals surface area contributed by atoms with E-state index in [9.17, 15) is 9.59 Å². The Hall–Kier alpha value is -1.77. The van der Waals surface area contributed by atoms with E-state index >= 15 is 0 Å². The van der Waals surface area contributed by atoms with Gasteiger partial charge in [-0.25, -0.2) is 9.89 Å². The van der Waals surface area contributed by atoms with Crippen molar-refractivity contribution in [2.45, 2.75) is 24.9 Å². The summed E-state index contributed by atoms with van der Waals surface area (Å²) in [7, 11) is 0. The molecule has 0 aliphatic rings. The first-order valence-corrected chi connectivity index (χ1v) is 6.48. The maximum Gasteiger partial charge on any atom is 0.321 e. The number of thioether (sulfide) groups is 1. The van der Waals surface area contributed by atoms with Crippen LogP contribution in [0.4, 0.5) is 10.7 Å². The van der Waals surface area contributed by atoms with E-state index < -0.39 is 11.9 Å². The Kier molecular flexibility index (Phi) is 5.98. The molecule has 1 heterocycles. The quantitative estimate of drug-likeness (QED) is 0.430. The number of carbonyl (C=O) groups is 2. The Morgan fingerprint density at radius 1 is 1.50 bits per heavy atom. The number of rotatable bonds is 6. The minimum Gasteiger partial charge on any atom is -0.368 e. The normalized spacial score (nSPS) is 10.1. The highest BCUT2D eigenvalue weighted by Gasteiger charge is 2.09. The molecule has 3 amide bonds. The van der Waals surface area contributed by atoms with Crippen molar-refractivity contribution >= 4 is 29.6 Å². The van der Waals surface area contributed by atoms with Crippen molar-refractivity contribution in [3.8, 4) is 0 Å². The number of aromatic amines is 1. The van der Waals surface area contributed by atoms with Gasteiger partial charge in [-0.05, 0) is 6.42 Å². The van der Waals surface area contributed by atoms with Crippen molar-refractivity contribution in [1.29, 1.82) is 0 Å². The highest BCUT2D eigenvalue weighted by atomic mass is 32.2. The highest BCUT2D eigenvalue weighted by Crippen LogP contribution is 2.11. The Bertz CT molecular complexity index is 408. The van der Waals surface area contributed by atoms with Gasteiger partial charge < -0.3 is 11.1 Å². The molecule has 1 aromatic rings. The summed E-state index contributed by atoms with van der Waals surface area (Å²) in [4.78, 5) is 26.4. The van der Waals surface area contributed by atoms with Gasteiger partial charge >= 0.3 is 6.03 Å². The third-order valence-electron chi connectivity index (χ3n) is 1.88. The number of nitrogens with zero attached hydrogens (tertiary/aromatic N) is 2. The Morgan fingerprint density at radius 3 is 2.89 bits per heavy atom. The average molecular weight is 272 g/mol. The molecule has 0 unspecified atom stereocenters. The molecule has 0 radical (unpaired) electrons. The number of nitrogens with one attached hydrogen (secondary N) is 3. The lowest BCUT2D eigenvalue weighted by Gasteiger charge is -2.04. The average Bonchev–Trinajstić information content (AvgIpc) is 2.73. The van der Waals surface area contributed by atoms with E-state index in [1.807, 2.05) is 6.92 Å². The van der Waals surface area contributed by atoms with Crippen molar-refractivity contribution in [2.75, 3.05) is 18.0 Å². The molecule has 0 saturated carbocycles. The molecule has 0 spiro atoms. The molecule has 9 heteroatoms. The van der Waals surface area contributed by atoms with Crippen LogP contribution in [0.1, 0.15) is 19.8 Å². The van der Waals surface area contributed by atoms with Gasteiger partial charge in [-0.2, -0.15) is 4.98 Å². The van der Waals surface area contributed by atoms with Crippen LogP contribution in [-0.4, -0.2) is 39.4 Å². The Balaban J connectivity index is 2.19. The monoisotopic (exact) mass is 272 g/mol. The summed E-state index contributed by atoms with van der Waals surface area (Å²) in [5.41, 5.74) is 5.33. The first-order chi connectivity index (χ1) is 8.61.